The summed E-state index contributed by atoms with van der Waals surface area (Å²) in [5.41, 5.74) is 0.838. The van der Waals surface area contributed by atoms with Crippen LogP contribution in [0.5, 0.6) is 0 Å². The first-order valence-electron chi connectivity index (χ1n) is 7.39. The molecule has 1 aromatic carbocycles. The van der Waals surface area contributed by atoms with Crippen LogP contribution in [0.3, 0.4) is 0 Å². The van der Waals surface area contributed by atoms with Gasteiger partial charge in [-0.1, -0.05) is 11.6 Å². The Morgan fingerprint density at radius 2 is 2.14 bits per heavy atom. The van der Waals surface area contributed by atoms with E-state index in [1.54, 1.807) is 13.0 Å². The van der Waals surface area contributed by atoms with Crippen molar-refractivity contribution in [1.82, 2.24) is 10.2 Å². The van der Waals surface area contributed by atoms with E-state index >= 15 is 0 Å². The van der Waals surface area contributed by atoms with Crippen LogP contribution in [-0.2, 0) is 11.3 Å². The number of amides is 1. The number of carbonyl (C=O) groups is 1. The number of carbonyl (C=O) groups excluding carboxylic acids is 1. The predicted octanol–water partition coefficient (Wildman–Crippen LogP) is 3.22. The molecule has 1 aliphatic heterocycles. The molecule has 1 fully saturated rings. The first kappa shape index (κ1) is 16.2. The molecule has 0 aromatic heterocycles. The quantitative estimate of drug-likeness (QED) is 0.926. The maximum absolute atomic E-state index is 13.3. The molecule has 1 heterocycles. The Hall–Kier alpha value is -1.13. The van der Waals surface area contributed by atoms with Gasteiger partial charge < -0.3 is 5.32 Å². The van der Waals surface area contributed by atoms with Crippen LogP contribution in [0.15, 0.2) is 18.2 Å². The smallest absolute Gasteiger partial charge is 0.217 e. The van der Waals surface area contributed by atoms with Crippen LogP contribution in [-0.4, -0.2) is 29.9 Å². The van der Waals surface area contributed by atoms with Crippen LogP contribution >= 0.6 is 11.6 Å². The molecule has 0 bridgehead atoms. The maximum Gasteiger partial charge on any atom is 0.217 e. The minimum absolute atomic E-state index is 0.0245. The third kappa shape index (κ3) is 4.68. The number of rotatable bonds is 4. The Labute approximate surface area is 130 Å². The number of halogens is 2. The van der Waals surface area contributed by atoms with Crippen molar-refractivity contribution in [3.05, 3.63) is 34.6 Å². The van der Waals surface area contributed by atoms with Gasteiger partial charge in [0.15, 0.2) is 0 Å². The van der Waals surface area contributed by atoms with E-state index in [4.69, 9.17) is 11.6 Å². The van der Waals surface area contributed by atoms with Crippen molar-refractivity contribution < 1.29 is 9.18 Å². The van der Waals surface area contributed by atoms with Crippen molar-refractivity contribution in [3.8, 4) is 0 Å². The number of nitrogens with zero attached hydrogens (tertiary/aromatic N) is 1. The Balaban J connectivity index is 1.86. The summed E-state index contributed by atoms with van der Waals surface area (Å²) in [6.07, 6.45) is 2.07. The highest BCUT2D eigenvalue weighted by atomic mass is 35.5. The van der Waals surface area contributed by atoms with Gasteiger partial charge in [0.1, 0.15) is 5.82 Å². The second-order valence-corrected chi connectivity index (χ2v) is 6.25. The minimum Gasteiger partial charge on any atom is -0.354 e. The lowest BCUT2D eigenvalue weighted by Gasteiger charge is -2.35. The molecule has 2 rings (SSSR count). The molecule has 0 spiro atoms. The second-order valence-electron chi connectivity index (χ2n) is 5.84. The zero-order chi connectivity index (χ0) is 15.4. The lowest BCUT2D eigenvalue weighted by atomic mass is 9.90. The van der Waals surface area contributed by atoms with Gasteiger partial charge in [-0.15, -0.1) is 0 Å². The van der Waals surface area contributed by atoms with E-state index in [1.165, 1.54) is 12.1 Å². The van der Waals surface area contributed by atoms with Gasteiger partial charge in [-0.25, -0.2) is 4.39 Å². The topological polar surface area (TPSA) is 32.3 Å². The SMILES string of the molecule is CC(=O)N[C@H](C)C1CCN(Cc2cc(F)ccc2Cl)CC1. The van der Waals surface area contributed by atoms with Gasteiger partial charge in [0.2, 0.25) is 5.91 Å². The van der Waals surface area contributed by atoms with Crippen molar-refractivity contribution in [2.24, 2.45) is 5.92 Å². The molecule has 3 nitrogen and oxygen atoms in total. The molecule has 0 saturated carbocycles. The summed E-state index contributed by atoms with van der Waals surface area (Å²) in [7, 11) is 0. The van der Waals surface area contributed by atoms with Crippen LogP contribution in [0.1, 0.15) is 32.3 Å². The van der Waals surface area contributed by atoms with Crippen LogP contribution in [0.4, 0.5) is 4.39 Å². The average molecular weight is 313 g/mol. The Bertz CT molecular complexity index is 501. The summed E-state index contributed by atoms with van der Waals surface area (Å²) in [5, 5.41) is 3.58. The lowest BCUT2D eigenvalue weighted by Crippen LogP contribution is -2.43. The number of piperidine rings is 1. The summed E-state index contributed by atoms with van der Waals surface area (Å²) < 4.78 is 13.3. The fourth-order valence-corrected chi connectivity index (χ4v) is 3.13. The summed E-state index contributed by atoms with van der Waals surface area (Å²) in [5.74, 6) is 0.285. The van der Waals surface area contributed by atoms with Crippen LogP contribution in [0.2, 0.25) is 5.02 Å². The fraction of sp³-hybridized carbons (Fsp3) is 0.562. The standard InChI is InChI=1S/C16H22ClFN2O/c1-11(19-12(2)21)13-5-7-20(8-6-13)10-14-9-15(18)3-4-16(14)17/h3-4,9,11,13H,5-8,10H2,1-2H3,(H,19,21)/t11-/m1/s1. The minimum atomic E-state index is -0.247. The van der Waals surface area contributed by atoms with E-state index in [9.17, 15) is 9.18 Å². The summed E-state index contributed by atoms with van der Waals surface area (Å²) in [4.78, 5) is 13.4. The molecule has 1 atom stereocenters. The molecular formula is C16H22ClFN2O. The maximum atomic E-state index is 13.3. The second kappa shape index (κ2) is 7.23. The van der Waals surface area contributed by atoms with Crippen LogP contribution in [0.25, 0.3) is 0 Å². The highest BCUT2D eigenvalue weighted by Gasteiger charge is 2.24. The Morgan fingerprint density at radius 3 is 2.76 bits per heavy atom. The van der Waals surface area contributed by atoms with Gasteiger partial charge in [-0.3, -0.25) is 9.69 Å². The van der Waals surface area contributed by atoms with Gasteiger partial charge in [-0.05, 0) is 62.5 Å². The van der Waals surface area contributed by atoms with Crippen molar-refractivity contribution >= 4 is 17.5 Å². The molecule has 1 saturated heterocycles. The number of hydrogen-bond acceptors (Lipinski definition) is 2. The first-order chi connectivity index (χ1) is 9.95. The molecule has 0 aliphatic carbocycles. The Morgan fingerprint density at radius 1 is 1.48 bits per heavy atom. The normalized spacial score (nSPS) is 18.5. The third-order valence-corrected chi connectivity index (χ3v) is 4.54. The largest absolute Gasteiger partial charge is 0.354 e. The van der Waals surface area contributed by atoms with E-state index in [1.807, 2.05) is 0 Å². The van der Waals surface area contributed by atoms with E-state index in [-0.39, 0.29) is 17.8 Å². The monoisotopic (exact) mass is 312 g/mol. The molecule has 1 aromatic rings. The number of nitrogens with one attached hydrogen (secondary N) is 1. The van der Waals surface area contributed by atoms with Gasteiger partial charge in [0, 0.05) is 24.5 Å². The first-order valence-corrected chi connectivity index (χ1v) is 7.77. The zero-order valence-electron chi connectivity index (χ0n) is 12.5. The van der Waals surface area contributed by atoms with E-state index in [0.29, 0.717) is 17.5 Å². The summed E-state index contributed by atoms with van der Waals surface area (Å²) in [6.45, 7) is 6.18. The zero-order valence-corrected chi connectivity index (χ0v) is 13.3. The molecule has 116 valence electrons. The summed E-state index contributed by atoms with van der Waals surface area (Å²) >= 11 is 6.11. The van der Waals surface area contributed by atoms with E-state index in [0.717, 1.165) is 31.5 Å². The molecule has 1 aliphatic rings. The molecular weight excluding hydrogens is 291 g/mol. The molecule has 5 heteroatoms. The van der Waals surface area contributed by atoms with E-state index < -0.39 is 0 Å². The number of benzene rings is 1. The van der Waals surface area contributed by atoms with Crippen LogP contribution in [0, 0.1) is 11.7 Å². The van der Waals surface area contributed by atoms with Crippen molar-refractivity contribution in [2.75, 3.05) is 13.1 Å². The predicted molar refractivity (Wildman–Crippen MR) is 82.7 cm³/mol. The highest BCUT2D eigenvalue weighted by Crippen LogP contribution is 2.24. The van der Waals surface area contributed by atoms with Gasteiger partial charge in [-0.2, -0.15) is 0 Å². The van der Waals surface area contributed by atoms with Gasteiger partial charge >= 0.3 is 0 Å². The number of hydrogen-bond donors (Lipinski definition) is 1. The molecule has 0 unspecified atom stereocenters. The molecule has 0 radical (unpaired) electrons. The van der Waals surface area contributed by atoms with E-state index in [2.05, 4.69) is 17.1 Å². The van der Waals surface area contributed by atoms with Crippen LogP contribution < -0.4 is 5.32 Å². The molecule has 1 N–H and O–H groups in total. The van der Waals surface area contributed by atoms with Gasteiger partial charge in [0.05, 0.1) is 0 Å². The van der Waals surface area contributed by atoms with Crippen molar-refractivity contribution in [1.29, 1.82) is 0 Å². The van der Waals surface area contributed by atoms with Crippen molar-refractivity contribution in [2.45, 2.75) is 39.3 Å². The Kier molecular flexibility index (Phi) is 5.59. The number of likely N-dealkylation sites (tertiary alicyclic amines) is 1. The van der Waals surface area contributed by atoms with Crippen molar-refractivity contribution in [3.63, 3.8) is 0 Å². The summed E-state index contributed by atoms with van der Waals surface area (Å²) in [6, 6.07) is 4.71. The molecule has 21 heavy (non-hydrogen) atoms. The molecule has 1 amide bonds. The highest BCUT2D eigenvalue weighted by molar-refractivity contribution is 6.31. The average Bonchev–Trinajstić information content (AvgIpc) is 2.43. The fourth-order valence-electron chi connectivity index (χ4n) is 2.95. The lowest BCUT2D eigenvalue weighted by molar-refractivity contribution is -0.120. The van der Waals surface area contributed by atoms with Gasteiger partial charge in [0.25, 0.3) is 0 Å². The third-order valence-electron chi connectivity index (χ3n) is 4.17.